The molecule has 212 valence electrons. The van der Waals surface area contributed by atoms with E-state index >= 15 is 4.39 Å². The summed E-state index contributed by atoms with van der Waals surface area (Å²) >= 11 is 0. The SMILES string of the molecule is CC.Cc1nc2c(-c3ccc(C(F)(F)F)cc3F)cc(C3CCO[C@H](c4cnn(C5CC5)c4)C3)cc2c(=O)n1C. The van der Waals surface area contributed by atoms with Gasteiger partial charge in [-0.1, -0.05) is 19.9 Å². The molecule has 1 aliphatic heterocycles. The van der Waals surface area contributed by atoms with Crippen LogP contribution in [-0.2, 0) is 18.0 Å². The quantitative estimate of drug-likeness (QED) is 0.248. The zero-order valence-corrected chi connectivity index (χ0v) is 22.9. The molecule has 2 aromatic heterocycles. The normalized spacial score (nSPS) is 19.4. The molecule has 0 radical (unpaired) electrons. The Morgan fingerprint density at radius 3 is 2.45 bits per heavy atom. The maximum absolute atomic E-state index is 15.2. The first-order valence-corrected chi connectivity index (χ1v) is 13.6. The lowest BCUT2D eigenvalue weighted by molar-refractivity contribution is -0.137. The fourth-order valence-electron chi connectivity index (χ4n) is 5.25. The van der Waals surface area contributed by atoms with Gasteiger partial charge in [0, 0.05) is 36.5 Å². The summed E-state index contributed by atoms with van der Waals surface area (Å²) in [5.41, 5.74) is 0.966. The maximum atomic E-state index is 15.2. The van der Waals surface area contributed by atoms with E-state index < -0.39 is 17.6 Å². The van der Waals surface area contributed by atoms with Gasteiger partial charge in [-0.25, -0.2) is 9.37 Å². The van der Waals surface area contributed by atoms with Gasteiger partial charge in [0.1, 0.15) is 11.6 Å². The van der Waals surface area contributed by atoms with Crippen molar-refractivity contribution in [3.05, 3.63) is 81.4 Å². The number of aryl methyl sites for hydroxylation is 1. The predicted molar refractivity (Wildman–Crippen MR) is 145 cm³/mol. The van der Waals surface area contributed by atoms with Crippen molar-refractivity contribution in [2.45, 2.75) is 70.7 Å². The van der Waals surface area contributed by atoms with Crippen LogP contribution < -0.4 is 5.56 Å². The zero-order valence-electron chi connectivity index (χ0n) is 22.9. The lowest BCUT2D eigenvalue weighted by Crippen LogP contribution is -2.22. The molecule has 2 atom stereocenters. The second-order valence-corrected chi connectivity index (χ2v) is 10.2. The zero-order chi connectivity index (χ0) is 28.8. The van der Waals surface area contributed by atoms with Crippen LogP contribution in [0.15, 0.2) is 47.5 Å². The van der Waals surface area contributed by atoms with Gasteiger partial charge in [-0.15, -0.1) is 0 Å². The largest absolute Gasteiger partial charge is 0.416 e. The van der Waals surface area contributed by atoms with Crippen LogP contribution in [0.1, 0.15) is 80.1 Å². The highest BCUT2D eigenvalue weighted by atomic mass is 19.4. The summed E-state index contributed by atoms with van der Waals surface area (Å²) in [7, 11) is 1.61. The van der Waals surface area contributed by atoms with Gasteiger partial charge in [0.15, 0.2) is 0 Å². The van der Waals surface area contributed by atoms with Gasteiger partial charge in [0.2, 0.25) is 0 Å². The molecular weight excluding hydrogens is 524 g/mol. The van der Waals surface area contributed by atoms with Gasteiger partial charge >= 0.3 is 6.18 Å². The van der Waals surface area contributed by atoms with Crippen molar-refractivity contribution in [3.63, 3.8) is 0 Å². The Labute approximate surface area is 229 Å². The first kappa shape index (κ1) is 28.0. The number of fused-ring (bicyclic) bond motifs is 1. The molecule has 1 saturated carbocycles. The third-order valence-electron chi connectivity index (χ3n) is 7.68. The van der Waals surface area contributed by atoms with Crippen molar-refractivity contribution >= 4 is 10.9 Å². The van der Waals surface area contributed by atoms with Gasteiger partial charge < -0.3 is 4.74 Å². The molecule has 4 aromatic rings. The highest BCUT2D eigenvalue weighted by molar-refractivity contribution is 5.94. The summed E-state index contributed by atoms with van der Waals surface area (Å²) < 4.78 is 64.2. The Morgan fingerprint density at radius 1 is 1.02 bits per heavy atom. The number of ether oxygens (including phenoxy) is 1. The van der Waals surface area contributed by atoms with E-state index in [4.69, 9.17) is 4.74 Å². The van der Waals surface area contributed by atoms with Crippen LogP contribution in [0.25, 0.3) is 22.0 Å². The number of hydrogen-bond acceptors (Lipinski definition) is 4. The molecule has 2 aliphatic rings. The second kappa shape index (κ2) is 10.8. The summed E-state index contributed by atoms with van der Waals surface area (Å²) in [4.78, 5) is 17.8. The van der Waals surface area contributed by atoms with Crippen LogP contribution >= 0.6 is 0 Å². The molecule has 10 heteroatoms. The number of nitrogens with zero attached hydrogens (tertiary/aromatic N) is 4. The average molecular weight is 557 g/mol. The highest BCUT2D eigenvalue weighted by Gasteiger charge is 2.32. The number of benzene rings is 2. The van der Waals surface area contributed by atoms with Crippen molar-refractivity contribution in [1.82, 2.24) is 19.3 Å². The van der Waals surface area contributed by atoms with Crippen LogP contribution in [0.2, 0.25) is 0 Å². The molecular formula is C30H32F4N4O2. The van der Waals surface area contributed by atoms with Crippen LogP contribution in [0.5, 0.6) is 0 Å². The van der Waals surface area contributed by atoms with Gasteiger partial charge in [0.05, 0.1) is 34.8 Å². The molecule has 0 spiro atoms. The Kier molecular flexibility index (Phi) is 7.56. The van der Waals surface area contributed by atoms with E-state index in [1.165, 1.54) is 4.57 Å². The minimum Gasteiger partial charge on any atom is -0.373 e. The summed E-state index contributed by atoms with van der Waals surface area (Å²) in [5.74, 6) is -0.608. The summed E-state index contributed by atoms with van der Waals surface area (Å²) in [6.07, 6.45) is 2.58. The molecule has 1 aliphatic carbocycles. The van der Waals surface area contributed by atoms with Crippen LogP contribution in [0.3, 0.4) is 0 Å². The summed E-state index contributed by atoms with van der Waals surface area (Å²) in [6.45, 7) is 6.16. The maximum Gasteiger partial charge on any atom is 0.416 e. The van der Waals surface area contributed by atoms with Crippen molar-refractivity contribution < 1.29 is 22.3 Å². The van der Waals surface area contributed by atoms with E-state index in [1.54, 1.807) is 26.1 Å². The Bertz CT molecular complexity index is 1600. The molecule has 1 unspecified atom stereocenters. The van der Waals surface area contributed by atoms with E-state index in [1.807, 2.05) is 30.9 Å². The third kappa shape index (κ3) is 5.29. The van der Waals surface area contributed by atoms with Crippen molar-refractivity contribution in [1.29, 1.82) is 0 Å². The Morgan fingerprint density at radius 2 is 1.77 bits per heavy atom. The minimum atomic E-state index is -4.67. The number of aromatic nitrogens is 4. The number of rotatable bonds is 4. The molecule has 3 heterocycles. The first-order valence-electron chi connectivity index (χ1n) is 13.6. The van der Waals surface area contributed by atoms with Gasteiger partial charge in [0.25, 0.3) is 5.56 Å². The Hall–Kier alpha value is -3.53. The first-order chi connectivity index (χ1) is 19.1. The molecule has 2 aromatic carbocycles. The molecule has 0 N–H and O–H groups in total. The van der Waals surface area contributed by atoms with E-state index in [0.29, 0.717) is 48.3 Å². The second-order valence-electron chi connectivity index (χ2n) is 10.2. The summed E-state index contributed by atoms with van der Waals surface area (Å²) in [5, 5.41) is 4.77. The summed E-state index contributed by atoms with van der Waals surface area (Å²) in [6, 6.07) is 6.47. The monoisotopic (exact) mass is 556 g/mol. The highest BCUT2D eigenvalue weighted by Crippen LogP contribution is 2.42. The van der Waals surface area contributed by atoms with Crippen LogP contribution in [0, 0.1) is 12.7 Å². The number of alkyl halides is 3. The topological polar surface area (TPSA) is 61.9 Å². The molecule has 6 rings (SSSR count). The van der Waals surface area contributed by atoms with Gasteiger partial charge in [-0.2, -0.15) is 18.3 Å². The van der Waals surface area contributed by atoms with Crippen molar-refractivity contribution in [3.8, 4) is 11.1 Å². The number of halogens is 4. The van der Waals surface area contributed by atoms with E-state index in [2.05, 4.69) is 10.1 Å². The average Bonchev–Trinajstić information content (AvgIpc) is 3.68. The predicted octanol–water partition coefficient (Wildman–Crippen LogP) is 7.26. The minimum absolute atomic E-state index is 0.00954. The lowest BCUT2D eigenvalue weighted by atomic mass is 9.84. The molecule has 6 nitrogen and oxygen atoms in total. The smallest absolute Gasteiger partial charge is 0.373 e. The van der Waals surface area contributed by atoms with Crippen LogP contribution in [-0.4, -0.2) is 25.9 Å². The fourth-order valence-corrected chi connectivity index (χ4v) is 5.25. The van der Waals surface area contributed by atoms with Gasteiger partial charge in [-0.05, 0) is 68.4 Å². The van der Waals surface area contributed by atoms with E-state index in [9.17, 15) is 18.0 Å². The lowest BCUT2D eigenvalue weighted by Gasteiger charge is -2.30. The molecule has 1 saturated heterocycles. The molecule has 2 fully saturated rings. The van der Waals surface area contributed by atoms with Crippen molar-refractivity contribution in [2.75, 3.05) is 6.61 Å². The van der Waals surface area contributed by atoms with Crippen molar-refractivity contribution in [2.24, 2.45) is 7.05 Å². The Balaban J connectivity index is 0.00000158. The third-order valence-corrected chi connectivity index (χ3v) is 7.68. The fraction of sp³-hybridized carbons (Fsp3) is 0.433. The molecule has 0 bridgehead atoms. The van der Waals surface area contributed by atoms with Crippen LogP contribution in [0.4, 0.5) is 17.6 Å². The van der Waals surface area contributed by atoms with E-state index in [-0.39, 0.29) is 28.7 Å². The van der Waals surface area contributed by atoms with Gasteiger partial charge in [-0.3, -0.25) is 14.0 Å². The molecule has 40 heavy (non-hydrogen) atoms. The molecule has 0 amide bonds. The number of hydrogen-bond donors (Lipinski definition) is 0. The standard InChI is InChI=1S/C28H26F4N4O2.C2H6/c1-15-34-26-22(21-6-3-19(12-24(21)29)28(30,31)32)9-17(10-23(26)27(37)35(15)2)16-7-8-38-25(11-16)18-13-33-36(14-18)20-4-5-20;1-2/h3,6,9-10,12-14,16,20,25H,4-5,7-8,11H2,1-2H3;1-2H3/t16?,25-;/m0./s1. The van der Waals surface area contributed by atoms with E-state index in [0.717, 1.165) is 36.1 Å².